The maximum atomic E-state index is 12.1. The van der Waals surface area contributed by atoms with Crippen molar-refractivity contribution in [1.29, 1.82) is 0 Å². The summed E-state index contributed by atoms with van der Waals surface area (Å²) < 4.78 is 0. The van der Waals surface area contributed by atoms with Gasteiger partial charge in [-0.2, -0.15) is 11.8 Å². The first-order valence-electron chi connectivity index (χ1n) is 6.56. The molecule has 102 valence electrons. The number of carbonyl (C=O) groups is 2. The molecule has 2 aliphatic rings. The molecule has 1 aliphatic carbocycles. The van der Waals surface area contributed by atoms with E-state index in [0.29, 0.717) is 12.3 Å². The molecule has 2 rings (SSSR count). The number of rotatable bonds is 2. The lowest BCUT2D eigenvalue weighted by molar-refractivity contribution is -0.141. The third kappa shape index (κ3) is 3.31. The standard InChI is InChI=1S/C12H20N2O3S/c15-11(16)10-8-18-7-6-14(10)12(17)13-9-4-2-1-3-5-9/h9-10H,1-8H2,(H,13,17)(H,15,16). The normalized spacial score (nSPS) is 25.8. The van der Waals surface area contributed by atoms with E-state index < -0.39 is 12.0 Å². The molecular formula is C12H20N2O3S. The fourth-order valence-electron chi connectivity index (χ4n) is 2.56. The molecule has 6 heteroatoms. The molecule has 1 saturated carbocycles. The van der Waals surface area contributed by atoms with Gasteiger partial charge in [-0.15, -0.1) is 0 Å². The summed E-state index contributed by atoms with van der Waals surface area (Å²) in [5.41, 5.74) is 0. The van der Waals surface area contributed by atoms with Gasteiger partial charge in [0, 0.05) is 24.1 Å². The van der Waals surface area contributed by atoms with Crippen LogP contribution in [-0.4, -0.2) is 52.1 Å². The van der Waals surface area contributed by atoms with Crippen LogP contribution in [0.15, 0.2) is 0 Å². The molecule has 0 aromatic heterocycles. The maximum Gasteiger partial charge on any atom is 0.327 e. The number of hydrogen-bond donors (Lipinski definition) is 2. The lowest BCUT2D eigenvalue weighted by Crippen LogP contribution is -2.55. The highest BCUT2D eigenvalue weighted by Crippen LogP contribution is 2.20. The number of amides is 2. The molecule has 0 spiro atoms. The average molecular weight is 272 g/mol. The van der Waals surface area contributed by atoms with Crippen molar-refractivity contribution in [2.75, 3.05) is 18.1 Å². The van der Waals surface area contributed by atoms with Gasteiger partial charge < -0.3 is 15.3 Å². The van der Waals surface area contributed by atoms with Crippen LogP contribution in [0.3, 0.4) is 0 Å². The van der Waals surface area contributed by atoms with Crippen LogP contribution >= 0.6 is 11.8 Å². The lowest BCUT2D eigenvalue weighted by atomic mass is 9.96. The van der Waals surface area contributed by atoms with Crippen LogP contribution in [0.25, 0.3) is 0 Å². The van der Waals surface area contributed by atoms with Crippen molar-refractivity contribution >= 4 is 23.8 Å². The molecule has 2 fully saturated rings. The smallest absolute Gasteiger partial charge is 0.327 e. The Kier molecular flexibility index (Phi) is 4.74. The first kappa shape index (κ1) is 13.5. The van der Waals surface area contributed by atoms with E-state index in [2.05, 4.69) is 5.32 Å². The number of carbonyl (C=O) groups excluding carboxylic acids is 1. The largest absolute Gasteiger partial charge is 0.480 e. The van der Waals surface area contributed by atoms with E-state index in [1.165, 1.54) is 11.3 Å². The van der Waals surface area contributed by atoms with Crippen molar-refractivity contribution in [3.05, 3.63) is 0 Å². The molecule has 0 aromatic rings. The molecular weight excluding hydrogens is 252 g/mol. The van der Waals surface area contributed by atoms with E-state index in [1.54, 1.807) is 11.8 Å². The van der Waals surface area contributed by atoms with E-state index in [0.717, 1.165) is 31.4 Å². The minimum Gasteiger partial charge on any atom is -0.480 e. The Morgan fingerprint density at radius 2 is 1.94 bits per heavy atom. The molecule has 1 unspecified atom stereocenters. The van der Waals surface area contributed by atoms with Gasteiger partial charge >= 0.3 is 12.0 Å². The van der Waals surface area contributed by atoms with Gasteiger partial charge in [-0.25, -0.2) is 9.59 Å². The number of nitrogens with one attached hydrogen (secondary N) is 1. The Balaban J connectivity index is 1.91. The minimum atomic E-state index is -0.902. The zero-order valence-corrected chi connectivity index (χ0v) is 11.2. The molecule has 2 amide bonds. The molecule has 18 heavy (non-hydrogen) atoms. The summed E-state index contributed by atoms with van der Waals surface area (Å²) in [5, 5.41) is 12.1. The first-order valence-corrected chi connectivity index (χ1v) is 7.71. The van der Waals surface area contributed by atoms with Gasteiger partial charge in [0.2, 0.25) is 0 Å². The van der Waals surface area contributed by atoms with Gasteiger partial charge in [0.25, 0.3) is 0 Å². The zero-order valence-electron chi connectivity index (χ0n) is 10.4. The van der Waals surface area contributed by atoms with Crippen molar-refractivity contribution < 1.29 is 14.7 Å². The van der Waals surface area contributed by atoms with Crippen LogP contribution in [0.1, 0.15) is 32.1 Å². The second kappa shape index (κ2) is 6.31. The summed E-state index contributed by atoms with van der Waals surface area (Å²) in [7, 11) is 0. The van der Waals surface area contributed by atoms with E-state index in [9.17, 15) is 9.59 Å². The number of carboxylic acids is 1. The van der Waals surface area contributed by atoms with Gasteiger partial charge in [0.15, 0.2) is 0 Å². The van der Waals surface area contributed by atoms with Crippen LogP contribution in [-0.2, 0) is 4.79 Å². The van der Waals surface area contributed by atoms with Crippen LogP contribution in [0.2, 0.25) is 0 Å². The summed E-state index contributed by atoms with van der Waals surface area (Å²) in [6.07, 6.45) is 5.59. The van der Waals surface area contributed by atoms with E-state index in [1.807, 2.05) is 0 Å². The van der Waals surface area contributed by atoms with E-state index in [4.69, 9.17) is 5.11 Å². The summed E-state index contributed by atoms with van der Waals surface area (Å²) in [4.78, 5) is 24.7. The monoisotopic (exact) mass is 272 g/mol. The lowest BCUT2D eigenvalue weighted by Gasteiger charge is -2.34. The van der Waals surface area contributed by atoms with Crippen LogP contribution in [0.5, 0.6) is 0 Å². The van der Waals surface area contributed by atoms with Gasteiger partial charge in [-0.3, -0.25) is 0 Å². The van der Waals surface area contributed by atoms with Crippen molar-refractivity contribution in [3.8, 4) is 0 Å². The highest BCUT2D eigenvalue weighted by atomic mass is 32.2. The summed E-state index contributed by atoms with van der Waals surface area (Å²) in [6, 6.07) is -0.641. The predicted octanol–water partition coefficient (Wildman–Crippen LogP) is 1.53. The fourth-order valence-corrected chi connectivity index (χ4v) is 3.59. The number of carboxylic acid groups (broad SMARTS) is 1. The highest BCUT2D eigenvalue weighted by molar-refractivity contribution is 7.99. The Bertz CT molecular complexity index is 318. The molecule has 1 atom stereocenters. The van der Waals surface area contributed by atoms with Gasteiger partial charge in [-0.05, 0) is 12.8 Å². The second-order valence-corrected chi connectivity index (χ2v) is 6.06. The van der Waals surface area contributed by atoms with Crippen LogP contribution < -0.4 is 5.32 Å². The molecule has 0 bridgehead atoms. The van der Waals surface area contributed by atoms with Crippen LogP contribution in [0, 0.1) is 0 Å². The van der Waals surface area contributed by atoms with Crippen molar-refractivity contribution in [2.24, 2.45) is 0 Å². The van der Waals surface area contributed by atoms with Crippen molar-refractivity contribution in [2.45, 2.75) is 44.2 Å². The third-order valence-corrected chi connectivity index (χ3v) is 4.63. The van der Waals surface area contributed by atoms with E-state index in [-0.39, 0.29) is 12.1 Å². The fraction of sp³-hybridized carbons (Fsp3) is 0.833. The highest BCUT2D eigenvalue weighted by Gasteiger charge is 2.33. The Morgan fingerprint density at radius 1 is 1.22 bits per heavy atom. The maximum absolute atomic E-state index is 12.1. The Hall–Kier alpha value is -0.910. The minimum absolute atomic E-state index is 0.199. The Morgan fingerprint density at radius 3 is 2.61 bits per heavy atom. The van der Waals surface area contributed by atoms with Gasteiger partial charge in [-0.1, -0.05) is 19.3 Å². The molecule has 5 nitrogen and oxygen atoms in total. The zero-order chi connectivity index (χ0) is 13.0. The third-order valence-electron chi connectivity index (χ3n) is 3.61. The summed E-state index contributed by atoms with van der Waals surface area (Å²) in [5.74, 6) is 0.413. The van der Waals surface area contributed by atoms with E-state index >= 15 is 0 Å². The van der Waals surface area contributed by atoms with Crippen molar-refractivity contribution in [3.63, 3.8) is 0 Å². The summed E-state index contributed by atoms with van der Waals surface area (Å²) >= 11 is 1.60. The predicted molar refractivity (Wildman–Crippen MR) is 70.9 cm³/mol. The molecule has 1 saturated heterocycles. The molecule has 0 aromatic carbocycles. The number of urea groups is 1. The molecule has 0 radical (unpaired) electrons. The quantitative estimate of drug-likeness (QED) is 0.800. The molecule has 2 N–H and O–H groups in total. The molecule has 1 aliphatic heterocycles. The number of nitrogens with zero attached hydrogens (tertiary/aromatic N) is 1. The number of hydrogen-bond acceptors (Lipinski definition) is 3. The molecule has 1 heterocycles. The van der Waals surface area contributed by atoms with Crippen molar-refractivity contribution in [1.82, 2.24) is 10.2 Å². The topological polar surface area (TPSA) is 69.6 Å². The number of aliphatic carboxylic acids is 1. The van der Waals surface area contributed by atoms with Gasteiger partial charge in [0.05, 0.1) is 0 Å². The van der Waals surface area contributed by atoms with Gasteiger partial charge in [0.1, 0.15) is 6.04 Å². The second-order valence-electron chi connectivity index (χ2n) is 4.91. The van der Waals surface area contributed by atoms with Crippen LogP contribution in [0.4, 0.5) is 4.79 Å². The summed E-state index contributed by atoms with van der Waals surface area (Å²) in [6.45, 7) is 0.528. The number of thioether (sulfide) groups is 1. The Labute approximate surface area is 111 Å². The first-order chi connectivity index (χ1) is 8.68. The average Bonchev–Trinajstić information content (AvgIpc) is 2.40. The SMILES string of the molecule is O=C(O)C1CSCCN1C(=O)NC1CCCCC1.